The largest absolute Gasteiger partial charge is 0.397 e. The molecule has 0 fully saturated rings. The predicted octanol–water partition coefficient (Wildman–Crippen LogP) is 6.24. The number of halogens is 1. The Balaban J connectivity index is 1.67. The van der Waals surface area contributed by atoms with Crippen LogP contribution in [0.4, 0.5) is 17.1 Å². The Hall–Kier alpha value is -3.22. The van der Waals surface area contributed by atoms with Crippen molar-refractivity contribution in [1.29, 1.82) is 0 Å². The molecule has 3 aromatic rings. The highest BCUT2D eigenvalue weighted by molar-refractivity contribution is 6.47. The van der Waals surface area contributed by atoms with Gasteiger partial charge in [-0.15, -0.1) is 0 Å². The van der Waals surface area contributed by atoms with Crippen LogP contribution < -0.4 is 16.0 Å². The van der Waals surface area contributed by atoms with Gasteiger partial charge in [0.25, 0.3) is 0 Å². The monoisotopic (exact) mass is 518 g/mol. The molecule has 1 aliphatic rings. The van der Waals surface area contributed by atoms with E-state index in [9.17, 15) is 0 Å². The number of likely N-dealkylation sites (N-methyl/N-ethyl adjacent to an activating group) is 2. The lowest BCUT2D eigenvalue weighted by Gasteiger charge is -2.25. The number of nitrogens with zero attached hydrogens (tertiary/aromatic N) is 4. The molecule has 0 saturated carbocycles. The van der Waals surface area contributed by atoms with Crippen molar-refractivity contribution in [2.75, 3.05) is 50.2 Å². The van der Waals surface area contributed by atoms with Crippen molar-refractivity contribution in [3.63, 3.8) is 0 Å². The van der Waals surface area contributed by atoms with Crippen molar-refractivity contribution in [1.82, 2.24) is 9.47 Å². The van der Waals surface area contributed by atoms with Crippen LogP contribution in [0.2, 0.25) is 0 Å². The summed E-state index contributed by atoms with van der Waals surface area (Å²) in [6, 6.07) is 10.6. The van der Waals surface area contributed by atoms with Gasteiger partial charge in [0.2, 0.25) is 0 Å². The van der Waals surface area contributed by atoms with Crippen molar-refractivity contribution in [3.8, 4) is 0 Å². The van der Waals surface area contributed by atoms with Gasteiger partial charge >= 0.3 is 0 Å². The lowest BCUT2D eigenvalue weighted by molar-refractivity contribution is 0.416. The fourth-order valence-electron chi connectivity index (χ4n) is 5.00. The molecule has 0 bridgehead atoms. The summed E-state index contributed by atoms with van der Waals surface area (Å²) in [7, 11) is 6.23. The molecular formula is C30H39ClN6. The molecule has 6 nitrogen and oxygen atoms in total. The Morgan fingerprint density at radius 3 is 2.73 bits per heavy atom. The summed E-state index contributed by atoms with van der Waals surface area (Å²) < 4.78 is 2.33. The van der Waals surface area contributed by atoms with Gasteiger partial charge in [-0.3, -0.25) is 0 Å². The first-order valence-electron chi connectivity index (χ1n) is 13.0. The van der Waals surface area contributed by atoms with Crippen molar-refractivity contribution < 1.29 is 0 Å². The highest BCUT2D eigenvalue weighted by atomic mass is 35.5. The van der Waals surface area contributed by atoms with Crippen LogP contribution in [0.1, 0.15) is 37.0 Å². The van der Waals surface area contributed by atoms with Gasteiger partial charge in [-0.05, 0) is 63.5 Å². The van der Waals surface area contributed by atoms with Crippen LogP contribution in [-0.2, 0) is 19.4 Å². The van der Waals surface area contributed by atoms with Gasteiger partial charge in [0.15, 0.2) is 0 Å². The summed E-state index contributed by atoms with van der Waals surface area (Å²) in [4.78, 5) is 9.28. The number of allylic oxidation sites excluding steroid dienone is 2. The van der Waals surface area contributed by atoms with Crippen LogP contribution in [0.15, 0.2) is 65.0 Å². The van der Waals surface area contributed by atoms with E-state index < -0.39 is 0 Å². The second-order valence-corrected chi connectivity index (χ2v) is 10.4. The molecule has 4 rings (SSSR count). The third-order valence-corrected chi connectivity index (χ3v) is 7.41. The van der Waals surface area contributed by atoms with Gasteiger partial charge in [0, 0.05) is 49.5 Å². The van der Waals surface area contributed by atoms with Gasteiger partial charge in [-0.1, -0.05) is 49.4 Å². The number of benzene rings is 2. The van der Waals surface area contributed by atoms with Crippen molar-refractivity contribution >= 4 is 45.3 Å². The van der Waals surface area contributed by atoms with Crippen molar-refractivity contribution in [3.05, 3.63) is 76.7 Å². The maximum atomic E-state index is 6.74. The van der Waals surface area contributed by atoms with Crippen LogP contribution in [0, 0.1) is 0 Å². The number of anilines is 3. The number of nitrogens with two attached hydrogens (primary N) is 1. The molecule has 7 heteroatoms. The minimum absolute atomic E-state index is 0.518. The highest BCUT2D eigenvalue weighted by Crippen LogP contribution is 2.33. The molecule has 0 amide bonds. The van der Waals surface area contributed by atoms with Crippen molar-refractivity contribution in [2.45, 2.75) is 39.7 Å². The third-order valence-electron chi connectivity index (χ3n) is 7.01. The Bertz CT molecular complexity index is 1360. The van der Waals surface area contributed by atoms with Crippen molar-refractivity contribution in [2.24, 2.45) is 4.99 Å². The summed E-state index contributed by atoms with van der Waals surface area (Å²) in [6.45, 7) is 11.2. The molecule has 3 N–H and O–H groups in total. The molecule has 37 heavy (non-hydrogen) atoms. The molecule has 196 valence electrons. The van der Waals surface area contributed by atoms with E-state index in [1.54, 1.807) is 0 Å². The lowest BCUT2D eigenvalue weighted by Crippen LogP contribution is -2.29. The quantitative estimate of drug-likeness (QED) is 0.246. The van der Waals surface area contributed by atoms with Gasteiger partial charge < -0.3 is 25.4 Å². The Morgan fingerprint density at radius 1 is 1.24 bits per heavy atom. The molecular weight excluding hydrogens is 480 g/mol. The Labute approximate surface area is 226 Å². The second-order valence-electron chi connectivity index (χ2n) is 9.97. The van der Waals surface area contributed by atoms with Gasteiger partial charge in [0.1, 0.15) is 5.82 Å². The number of hydrogen-bond donors (Lipinski definition) is 2. The first-order valence-corrected chi connectivity index (χ1v) is 13.4. The normalized spacial score (nSPS) is 13.9. The number of para-hydroxylation sites is 1. The zero-order valence-electron chi connectivity index (χ0n) is 22.7. The molecule has 1 aromatic heterocycles. The van der Waals surface area contributed by atoms with E-state index in [4.69, 9.17) is 22.3 Å². The molecule has 2 aromatic carbocycles. The highest BCUT2D eigenvalue weighted by Gasteiger charge is 2.20. The maximum absolute atomic E-state index is 6.74. The zero-order valence-corrected chi connectivity index (χ0v) is 23.5. The summed E-state index contributed by atoms with van der Waals surface area (Å²) in [5, 5.41) is 5.18. The first-order chi connectivity index (χ1) is 17.7. The first kappa shape index (κ1) is 26.8. The Kier molecular flexibility index (Phi) is 8.30. The predicted molar refractivity (Wildman–Crippen MR) is 161 cm³/mol. The topological polar surface area (TPSA) is 61.8 Å². The number of aryl methyl sites for hydroxylation is 3. The van der Waals surface area contributed by atoms with E-state index in [1.807, 2.05) is 19.1 Å². The molecule has 0 spiro atoms. The van der Waals surface area contributed by atoms with E-state index in [-0.39, 0.29) is 0 Å². The smallest absolute Gasteiger partial charge is 0.123 e. The lowest BCUT2D eigenvalue weighted by atomic mass is 10.0. The second kappa shape index (κ2) is 11.4. The number of aromatic nitrogens is 1. The number of nitrogen functional groups attached to an aromatic ring is 1. The van der Waals surface area contributed by atoms with Crippen LogP contribution in [0.5, 0.6) is 0 Å². The average Bonchev–Trinajstić information content (AvgIpc) is 3.25. The standard InChI is InChI=1S/C30H39ClN6/c1-7-21-17-28(36(6)16-15-35(4)5)26(32)18-27(21)33-20(3)34-29(25(31)8-2)24-19-37-14-10-12-22-11-9-13-23(24)30(22)37/h8-9,11,13,17-19,33H,3,7,10,12,14-16,32H2,1-2,4-6H3/b25-8+,34-29?. The maximum Gasteiger partial charge on any atom is 0.123 e. The third kappa shape index (κ3) is 5.71. The SMILES string of the molecule is C=C(N=C(/C(Cl)=C\C)c1cn2c3c(cccc13)CCC2)Nc1cc(N)c(N(C)CCN(C)C)cc1CC. The van der Waals surface area contributed by atoms with Crippen LogP contribution in [-0.4, -0.2) is 49.4 Å². The van der Waals surface area contributed by atoms with E-state index in [2.05, 4.69) is 84.8 Å². The summed E-state index contributed by atoms with van der Waals surface area (Å²) in [5.41, 5.74) is 14.7. The molecule has 0 aliphatic carbocycles. The number of aliphatic imine (C=N–C) groups is 1. The van der Waals surface area contributed by atoms with Crippen LogP contribution in [0.3, 0.4) is 0 Å². The molecule has 0 atom stereocenters. The Morgan fingerprint density at radius 2 is 2.03 bits per heavy atom. The van der Waals surface area contributed by atoms with Crippen LogP contribution >= 0.6 is 11.6 Å². The zero-order chi connectivity index (χ0) is 26.7. The average molecular weight is 519 g/mol. The molecule has 1 aliphatic heterocycles. The van der Waals surface area contributed by atoms with E-state index in [1.165, 1.54) is 16.5 Å². The summed E-state index contributed by atoms with van der Waals surface area (Å²) >= 11 is 6.74. The van der Waals surface area contributed by atoms with E-state index >= 15 is 0 Å². The summed E-state index contributed by atoms with van der Waals surface area (Å²) in [6.07, 6.45) is 7.15. The number of nitrogens with one attached hydrogen (secondary N) is 1. The fraction of sp³-hybridized carbons (Fsp3) is 0.367. The van der Waals surface area contributed by atoms with Gasteiger partial charge in [-0.25, -0.2) is 4.99 Å². The number of rotatable bonds is 10. The fourth-order valence-corrected chi connectivity index (χ4v) is 5.14. The van der Waals surface area contributed by atoms with Crippen LogP contribution in [0.25, 0.3) is 10.9 Å². The summed E-state index contributed by atoms with van der Waals surface area (Å²) in [5.74, 6) is 0.518. The van der Waals surface area contributed by atoms with E-state index in [0.717, 1.165) is 72.8 Å². The van der Waals surface area contributed by atoms with Gasteiger partial charge in [0.05, 0.1) is 27.6 Å². The minimum atomic E-state index is 0.518. The molecule has 0 radical (unpaired) electrons. The molecule has 0 saturated heterocycles. The number of hydrogen-bond acceptors (Lipinski definition) is 5. The minimum Gasteiger partial charge on any atom is -0.397 e. The molecule has 2 heterocycles. The molecule has 0 unspecified atom stereocenters. The van der Waals surface area contributed by atoms with E-state index in [0.29, 0.717) is 10.9 Å². The van der Waals surface area contributed by atoms with Gasteiger partial charge in [-0.2, -0.15) is 0 Å².